The Morgan fingerprint density at radius 1 is 0.852 bits per heavy atom. The molecule has 27 heavy (non-hydrogen) atoms. The number of allylic oxidation sites excluding steroid dienone is 8. The van der Waals surface area contributed by atoms with Crippen LogP contribution in [0.25, 0.3) is 0 Å². The van der Waals surface area contributed by atoms with E-state index >= 15 is 0 Å². The molecule has 0 rings (SSSR count). The molecule has 0 aliphatic rings. The SMILES string of the molecule is CCCCC/C=C\C/C=C\C/C=C\C/C=C\CCCC(=O)OCC(O)CO. The van der Waals surface area contributed by atoms with Gasteiger partial charge in [-0.25, -0.2) is 0 Å². The topological polar surface area (TPSA) is 66.8 Å². The lowest BCUT2D eigenvalue weighted by atomic mass is 10.2. The van der Waals surface area contributed by atoms with Gasteiger partial charge >= 0.3 is 5.97 Å². The van der Waals surface area contributed by atoms with Crippen molar-refractivity contribution in [1.29, 1.82) is 0 Å². The van der Waals surface area contributed by atoms with E-state index < -0.39 is 12.7 Å². The fourth-order valence-corrected chi connectivity index (χ4v) is 2.24. The van der Waals surface area contributed by atoms with Crippen LogP contribution in [0.1, 0.15) is 71.1 Å². The van der Waals surface area contributed by atoms with Gasteiger partial charge < -0.3 is 14.9 Å². The first-order valence-corrected chi connectivity index (χ1v) is 10.2. The fraction of sp³-hybridized carbons (Fsp3) is 0.609. The Morgan fingerprint density at radius 3 is 1.89 bits per heavy atom. The molecule has 0 radical (unpaired) electrons. The highest BCUT2D eigenvalue weighted by molar-refractivity contribution is 5.69. The number of unbranched alkanes of at least 4 members (excludes halogenated alkanes) is 4. The summed E-state index contributed by atoms with van der Waals surface area (Å²) in [6.45, 7) is 1.69. The first-order valence-electron chi connectivity index (χ1n) is 10.2. The van der Waals surface area contributed by atoms with Crippen LogP contribution < -0.4 is 0 Å². The Morgan fingerprint density at radius 2 is 1.37 bits per heavy atom. The number of carbonyl (C=O) groups excluding carboxylic acids is 1. The molecule has 0 saturated carbocycles. The predicted molar refractivity (Wildman–Crippen MR) is 112 cm³/mol. The van der Waals surface area contributed by atoms with E-state index in [9.17, 15) is 4.79 Å². The highest BCUT2D eigenvalue weighted by Gasteiger charge is 2.06. The van der Waals surface area contributed by atoms with Gasteiger partial charge in [-0.1, -0.05) is 68.4 Å². The number of aliphatic hydroxyl groups is 2. The van der Waals surface area contributed by atoms with Crippen LogP contribution in [0, 0.1) is 0 Å². The van der Waals surface area contributed by atoms with E-state index in [0.29, 0.717) is 6.42 Å². The first kappa shape index (κ1) is 25.4. The van der Waals surface area contributed by atoms with Crippen LogP contribution in [-0.4, -0.2) is 35.5 Å². The van der Waals surface area contributed by atoms with Gasteiger partial charge in [-0.05, 0) is 44.9 Å². The monoisotopic (exact) mass is 378 g/mol. The molecule has 1 atom stereocenters. The summed E-state index contributed by atoms with van der Waals surface area (Å²) in [7, 11) is 0. The lowest BCUT2D eigenvalue weighted by Gasteiger charge is -2.07. The maximum atomic E-state index is 11.4. The van der Waals surface area contributed by atoms with E-state index in [0.717, 1.165) is 32.1 Å². The van der Waals surface area contributed by atoms with Crippen molar-refractivity contribution in [2.24, 2.45) is 0 Å². The third kappa shape index (κ3) is 20.5. The molecule has 0 aromatic carbocycles. The van der Waals surface area contributed by atoms with E-state index in [1.807, 2.05) is 0 Å². The lowest BCUT2D eigenvalue weighted by Crippen LogP contribution is -2.21. The third-order valence-corrected chi connectivity index (χ3v) is 3.86. The van der Waals surface area contributed by atoms with Crippen LogP contribution in [0.3, 0.4) is 0 Å². The Bertz CT molecular complexity index is 449. The van der Waals surface area contributed by atoms with Crippen LogP contribution in [-0.2, 0) is 9.53 Å². The van der Waals surface area contributed by atoms with Gasteiger partial charge in [0, 0.05) is 6.42 Å². The summed E-state index contributed by atoms with van der Waals surface area (Å²) in [5.74, 6) is -0.335. The van der Waals surface area contributed by atoms with Gasteiger partial charge in [0.15, 0.2) is 0 Å². The maximum Gasteiger partial charge on any atom is 0.305 e. The molecule has 0 amide bonds. The van der Waals surface area contributed by atoms with Gasteiger partial charge in [0.2, 0.25) is 0 Å². The molecule has 154 valence electrons. The molecule has 0 aromatic rings. The Hall–Kier alpha value is -1.65. The fourth-order valence-electron chi connectivity index (χ4n) is 2.24. The zero-order valence-electron chi connectivity index (χ0n) is 16.9. The van der Waals surface area contributed by atoms with Crippen molar-refractivity contribution < 1.29 is 19.7 Å². The van der Waals surface area contributed by atoms with Gasteiger partial charge in [-0.3, -0.25) is 4.79 Å². The minimum atomic E-state index is -0.984. The molecular formula is C23H38O4. The Labute approximate surface area is 165 Å². The summed E-state index contributed by atoms with van der Waals surface area (Å²) >= 11 is 0. The van der Waals surface area contributed by atoms with Crippen LogP contribution in [0.4, 0.5) is 0 Å². The van der Waals surface area contributed by atoms with Gasteiger partial charge in [0.1, 0.15) is 12.7 Å². The van der Waals surface area contributed by atoms with Crippen LogP contribution in [0.15, 0.2) is 48.6 Å². The number of ether oxygens (including phenoxy) is 1. The number of esters is 1. The van der Waals surface area contributed by atoms with Crippen LogP contribution in [0.5, 0.6) is 0 Å². The second kappa shape index (κ2) is 20.7. The Balaban J connectivity index is 3.49. The molecule has 2 N–H and O–H groups in total. The van der Waals surface area contributed by atoms with Crippen molar-refractivity contribution in [3.8, 4) is 0 Å². The highest BCUT2D eigenvalue weighted by atomic mass is 16.5. The second-order valence-electron chi connectivity index (χ2n) is 6.50. The quantitative estimate of drug-likeness (QED) is 0.212. The van der Waals surface area contributed by atoms with Gasteiger partial charge in [0.25, 0.3) is 0 Å². The normalized spacial score (nSPS) is 13.4. The molecule has 0 saturated heterocycles. The number of hydrogen-bond acceptors (Lipinski definition) is 4. The van der Waals surface area contributed by atoms with E-state index in [2.05, 4.69) is 55.5 Å². The third-order valence-electron chi connectivity index (χ3n) is 3.86. The minimum absolute atomic E-state index is 0.139. The van der Waals surface area contributed by atoms with Crippen molar-refractivity contribution in [3.63, 3.8) is 0 Å². The maximum absolute atomic E-state index is 11.4. The molecule has 1 unspecified atom stereocenters. The summed E-state index contributed by atoms with van der Waals surface area (Å²) in [6.07, 6.45) is 26.3. The summed E-state index contributed by atoms with van der Waals surface area (Å²) in [5.41, 5.74) is 0. The molecular weight excluding hydrogens is 340 g/mol. The average molecular weight is 379 g/mol. The molecule has 0 aliphatic carbocycles. The number of rotatable bonds is 17. The molecule has 0 spiro atoms. The summed E-state index contributed by atoms with van der Waals surface area (Å²) < 4.78 is 4.83. The number of carbonyl (C=O) groups is 1. The van der Waals surface area contributed by atoms with Crippen LogP contribution in [0.2, 0.25) is 0 Å². The van der Waals surface area contributed by atoms with E-state index in [1.54, 1.807) is 0 Å². The number of aliphatic hydroxyl groups excluding tert-OH is 2. The van der Waals surface area contributed by atoms with Gasteiger partial charge in [0.05, 0.1) is 6.61 Å². The standard InChI is InChI=1S/C23H38O4/c1-2-3-4-5-6-7-8-9-10-11-12-13-14-15-16-17-18-19-23(26)27-21-22(25)20-24/h6-7,9-10,12-13,15-16,22,24-25H,2-5,8,11,14,17-21H2,1H3/b7-6-,10-9-,13-12-,16-15-. The summed E-state index contributed by atoms with van der Waals surface area (Å²) in [4.78, 5) is 11.4. The van der Waals surface area contributed by atoms with Crippen molar-refractivity contribution >= 4 is 5.97 Å². The van der Waals surface area contributed by atoms with Crippen molar-refractivity contribution in [1.82, 2.24) is 0 Å². The average Bonchev–Trinajstić information content (AvgIpc) is 2.68. The Kier molecular flexibility index (Phi) is 19.4. The first-order chi connectivity index (χ1) is 13.2. The zero-order chi connectivity index (χ0) is 20.0. The smallest absolute Gasteiger partial charge is 0.305 e. The number of hydrogen-bond donors (Lipinski definition) is 2. The van der Waals surface area contributed by atoms with Crippen molar-refractivity contribution in [2.75, 3.05) is 13.2 Å². The molecule has 4 nitrogen and oxygen atoms in total. The highest BCUT2D eigenvalue weighted by Crippen LogP contribution is 2.02. The van der Waals surface area contributed by atoms with Crippen molar-refractivity contribution in [3.05, 3.63) is 48.6 Å². The largest absolute Gasteiger partial charge is 0.463 e. The molecule has 0 bridgehead atoms. The molecule has 0 aromatic heterocycles. The van der Waals surface area contributed by atoms with Gasteiger partial charge in [-0.15, -0.1) is 0 Å². The second-order valence-corrected chi connectivity index (χ2v) is 6.50. The zero-order valence-corrected chi connectivity index (χ0v) is 16.9. The lowest BCUT2D eigenvalue weighted by molar-refractivity contribution is -0.147. The molecule has 0 fully saturated rings. The van der Waals surface area contributed by atoms with Crippen LogP contribution >= 0.6 is 0 Å². The molecule has 0 heterocycles. The summed E-state index contributed by atoms with van der Waals surface area (Å²) in [6, 6.07) is 0. The van der Waals surface area contributed by atoms with E-state index in [4.69, 9.17) is 14.9 Å². The van der Waals surface area contributed by atoms with E-state index in [-0.39, 0.29) is 12.6 Å². The van der Waals surface area contributed by atoms with E-state index in [1.165, 1.54) is 25.7 Å². The van der Waals surface area contributed by atoms with Crippen molar-refractivity contribution in [2.45, 2.75) is 77.2 Å². The van der Waals surface area contributed by atoms with Gasteiger partial charge in [-0.2, -0.15) is 0 Å². The minimum Gasteiger partial charge on any atom is -0.463 e. The predicted octanol–water partition coefficient (Wildman–Crippen LogP) is 5.03. The molecule has 4 heteroatoms. The summed E-state index contributed by atoms with van der Waals surface area (Å²) in [5, 5.41) is 17.7. The molecule has 0 aliphatic heterocycles.